The molecular formula is C15H20BrNO. The van der Waals surface area contributed by atoms with Gasteiger partial charge in [0.2, 0.25) is 0 Å². The highest BCUT2D eigenvalue weighted by atomic mass is 79.9. The third-order valence-electron chi connectivity index (χ3n) is 4.30. The molecule has 0 radical (unpaired) electrons. The lowest BCUT2D eigenvalue weighted by Crippen LogP contribution is -2.49. The molecule has 1 unspecified atom stereocenters. The van der Waals surface area contributed by atoms with Crippen molar-refractivity contribution in [3.63, 3.8) is 0 Å². The van der Waals surface area contributed by atoms with Crippen LogP contribution < -0.4 is 5.32 Å². The molecule has 1 aliphatic carbocycles. The quantitative estimate of drug-likeness (QED) is 0.881. The minimum Gasteiger partial charge on any atom is -0.382 e. The highest BCUT2D eigenvalue weighted by Gasteiger charge is 2.42. The highest BCUT2D eigenvalue weighted by molar-refractivity contribution is 9.10. The number of hydrogen-bond acceptors (Lipinski definition) is 2. The molecule has 0 aromatic heterocycles. The summed E-state index contributed by atoms with van der Waals surface area (Å²) in [6.45, 7) is 3.02. The number of aryl methyl sites for hydroxylation is 1. The Hall–Kier alpha value is -0.540. The van der Waals surface area contributed by atoms with Gasteiger partial charge >= 0.3 is 0 Å². The third-order valence-corrected chi connectivity index (χ3v) is 5.15. The van der Waals surface area contributed by atoms with Crippen LogP contribution in [0.4, 0.5) is 5.69 Å². The maximum atomic E-state index is 5.96. The summed E-state index contributed by atoms with van der Waals surface area (Å²) in [4.78, 5) is 0. The van der Waals surface area contributed by atoms with E-state index in [1.165, 1.54) is 41.4 Å². The topological polar surface area (TPSA) is 21.3 Å². The number of nitrogens with one attached hydrogen (secondary N) is 1. The number of anilines is 1. The van der Waals surface area contributed by atoms with Crippen LogP contribution in [0, 0.1) is 6.92 Å². The molecule has 1 aliphatic heterocycles. The predicted octanol–water partition coefficient (Wildman–Crippen LogP) is 4.27. The minimum atomic E-state index is 0.220. The van der Waals surface area contributed by atoms with E-state index in [-0.39, 0.29) is 5.60 Å². The molecular weight excluding hydrogens is 290 g/mol. The van der Waals surface area contributed by atoms with Crippen molar-refractivity contribution in [2.75, 3.05) is 11.9 Å². The summed E-state index contributed by atoms with van der Waals surface area (Å²) in [6.07, 6.45) is 6.13. The van der Waals surface area contributed by atoms with Gasteiger partial charge in [0.1, 0.15) is 0 Å². The molecule has 18 heavy (non-hydrogen) atoms. The lowest BCUT2D eigenvalue weighted by Gasteiger charge is -2.47. The summed E-state index contributed by atoms with van der Waals surface area (Å²) in [7, 11) is 0. The lowest BCUT2D eigenvalue weighted by atomic mass is 9.74. The van der Waals surface area contributed by atoms with Crippen molar-refractivity contribution in [1.82, 2.24) is 0 Å². The summed E-state index contributed by atoms with van der Waals surface area (Å²) in [5.74, 6) is 0. The largest absolute Gasteiger partial charge is 0.382 e. The van der Waals surface area contributed by atoms with Gasteiger partial charge in [0.15, 0.2) is 0 Å². The predicted molar refractivity (Wildman–Crippen MR) is 78.1 cm³/mol. The van der Waals surface area contributed by atoms with Crippen molar-refractivity contribution < 1.29 is 4.74 Å². The molecule has 2 nitrogen and oxygen atoms in total. The van der Waals surface area contributed by atoms with Crippen molar-refractivity contribution in [2.24, 2.45) is 0 Å². The minimum absolute atomic E-state index is 0.220. The molecule has 2 aliphatic rings. The van der Waals surface area contributed by atoms with Crippen LogP contribution in [-0.2, 0) is 4.74 Å². The zero-order chi connectivity index (χ0) is 12.6. The lowest BCUT2D eigenvalue weighted by molar-refractivity contribution is -0.130. The Morgan fingerprint density at radius 3 is 2.89 bits per heavy atom. The SMILES string of the molecule is Cc1ccc(NC2CCOC3(CCC3)C2)cc1Br. The van der Waals surface area contributed by atoms with E-state index in [4.69, 9.17) is 4.74 Å². The van der Waals surface area contributed by atoms with Crippen LogP contribution in [0.2, 0.25) is 0 Å². The average molecular weight is 310 g/mol. The van der Waals surface area contributed by atoms with Crippen LogP contribution in [0.15, 0.2) is 22.7 Å². The van der Waals surface area contributed by atoms with Crippen LogP contribution in [0.25, 0.3) is 0 Å². The molecule has 2 fully saturated rings. The summed E-state index contributed by atoms with van der Waals surface area (Å²) in [5.41, 5.74) is 2.72. The van der Waals surface area contributed by atoms with Crippen LogP contribution in [-0.4, -0.2) is 18.2 Å². The van der Waals surface area contributed by atoms with Crippen molar-refractivity contribution in [2.45, 2.75) is 50.7 Å². The van der Waals surface area contributed by atoms with Gasteiger partial charge in [-0.2, -0.15) is 0 Å². The van der Waals surface area contributed by atoms with E-state index in [9.17, 15) is 0 Å². The molecule has 1 spiro atoms. The smallest absolute Gasteiger partial charge is 0.0702 e. The van der Waals surface area contributed by atoms with Gasteiger partial charge in [0.25, 0.3) is 0 Å². The number of ether oxygens (including phenoxy) is 1. The van der Waals surface area contributed by atoms with Gasteiger partial charge in [-0.1, -0.05) is 22.0 Å². The van der Waals surface area contributed by atoms with E-state index in [1.54, 1.807) is 0 Å². The first kappa shape index (κ1) is 12.5. The monoisotopic (exact) mass is 309 g/mol. The number of benzene rings is 1. The maximum absolute atomic E-state index is 5.96. The van der Waals surface area contributed by atoms with E-state index in [2.05, 4.69) is 46.4 Å². The zero-order valence-corrected chi connectivity index (χ0v) is 12.4. The number of halogens is 1. The Labute approximate surface area is 117 Å². The van der Waals surface area contributed by atoms with Crippen molar-refractivity contribution in [3.05, 3.63) is 28.2 Å². The number of rotatable bonds is 2. The summed E-state index contributed by atoms with van der Waals surface area (Å²) in [6, 6.07) is 7.07. The van der Waals surface area contributed by atoms with E-state index >= 15 is 0 Å². The Bertz CT molecular complexity index is 442. The zero-order valence-electron chi connectivity index (χ0n) is 10.8. The van der Waals surface area contributed by atoms with Gasteiger partial charge < -0.3 is 10.1 Å². The average Bonchev–Trinajstić information content (AvgIpc) is 2.32. The highest BCUT2D eigenvalue weighted by Crippen LogP contribution is 2.42. The van der Waals surface area contributed by atoms with Gasteiger partial charge in [0.05, 0.1) is 5.60 Å². The molecule has 1 N–H and O–H groups in total. The van der Waals surface area contributed by atoms with Crippen LogP contribution >= 0.6 is 15.9 Å². The fraction of sp³-hybridized carbons (Fsp3) is 0.600. The van der Waals surface area contributed by atoms with Gasteiger partial charge in [-0.15, -0.1) is 0 Å². The fourth-order valence-electron chi connectivity index (χ4n) is 2.99. The standard InChI is InChI=1S/C15H20BrNO/c1-11-3-4-12(9-14(11)16)17-13-5-8-18-15(10-13)6-2-7-15/h3-4,9,13,17H,2,5-8,10H2,1H3. The normalized spacial score (nSPS) is 25.8. The second-order valence-electron chi connectivity index (χ2n) is 5.68. The van der Waals surface area contributed by atoms with Crippen molar-refractivity contribution >= 4 is 21.6 Å². The maximum Gasteiger partial charge on any atom is 0.0702 e. The van der Waals surface area contributed by atoms with Gasteiger partial charge in [0, 0.05) is 22.8 Å². The second kappa shape index (κ2) is 4.86. The third kappa shape index (κ3) is 2.43. The molecule has 1 aromatic carbocycles. The molecule has 0 amide bonds. The van der Waals surface area contributed by atoms with Gasteiger partial charge in [-0.3, -0.25) is 0 Å². The first-order chi connectivity index (χ1) is 8.67. The van der Waals surface area contributed by atoms with E-state index < -0.39 is 0 Å². The Balaban J connectivity index is 1.66. The van der Waals surface area contributed by atoms with E-state index in [0.717, 1.165) is 13.0 Å². The summed E-state index contributed by atoms with van der Waals surface area (Å²) >= 11 is 3.59. The molecule has 1 atom stereocenters. The molecule has 3 rings (SSSR count). The molecule has 98 valence electrons. The van der Waals surface area contributed by atoms with Gasteiger partial charge in [-0.25, -0.2) is 0 Å². The molecule has 1 heterocycles. The molecule has 1 aromatic rings. The molecule has 3 heteroatoms. The first-order valence-electron chi connectivity index (χ1n) is 6.84. The number of hydrogen-bond donors (Lipinski definition) is 1. The van der Waals surface area contributed by atoms with Crippen molar-refractivity contribution in [1.29, 1.82) is 0 Å². The van der Waals surface area contributed by atoms with Crippen LogP contribution in [0.3, 0.4) is 0 Å². The Kier molecular flexibility index (Phi) is 3.37. The molecule has 0 bridgehead atoms. The van der Waals surface area contributed by atoms with Crippen LogP contribution in [0.5, 0.6) is 0 Å². The Morgan fingerprint density at radius 2 is 2.22 bits per heavy atom. The second-order valence-corrected chi connectivity index (χ2v) is 6.54. The van der Waals surface area contributed by atoms with Crippen molar-refractivity contribution in [3.8, 4) is 0 Å². The van der Waals surface area contributed by atoms with E-state index in [1.807, 2.05) is 0 Å². The summed E-state index contributed by atoms with van der Waals surface area (Å²) < 4.78 is 7.14. The first-order valence-corrected chi connectivity index (χ1v) is 7.63. The summed E-state index contributed by atoms with van der Waals surface area (Å²) in [5, 5.41) is 3.66. The molecule has 1 saturated heterocycles. The van der Waals surface area contributed by atoms with Gasteiger partial charge in [-0.05, 0) is 56.7 Å². The Morgan fingerprint density at radius 1 is 1.39 bits per heavy atom. The van der Waals surface area contributed by atoms with Crippen LogP contribution in [0.1, 0.15) is 37.7 Å². The van der Waals surface area contributed by atoms with E-state index in [0.29, 0.717) is 6.04 Å². The fourth-order valence-corrected chi connectivity index (χ4v) is 3.37. The molecule has 1 saturated carbocycles.